The third kappa shape index (κ3) is 20.1. The number of aromatic hydroxyl groups is 5. The van der Waals surface area contributed by atoms with Crippen molar-refractivity contribution >= 4 is 305 Å². The summed E-state index contributed by atoms with van der Waals surface area (Å²) in [5, 5.41) is 61.1. The molecule has 0 bridgehead atoms. The molecule has 4 aliphatic heterocycles. The number of carbonyl (C=O) groups excluding carboxylic acids is 4. The first-order valence-electron chi connectivity index (χ1n) is 35.1. The van der Waals surface area contributed by atoms with Gasteiger partial charge in [-0.2, -0.15) is 0 Å². The molecular formula is C89H48Br14Cl2O20Zn. The zero-order chi connectivity index (χ0) is 90.8. The second-order valence-electron chi connectivity index (χ2n) is 25.9. The fraction of sp³-hybridized carbons (Fsp3) is 0.0337. The molecular weight excluding hydrogens is 2640 g/mol. The van der Waals surface area contributed by atoms with Gasteiger partial charge in [-0.15, -0.1) is 0 Å². The molecule has 6 N–H and O–H groups in total. The van der Waals surface area contributed by atoms with Gasteiger partial charge in [0.2, 0.25) is 16.3 Å². The molecule has 20 nitrogen and oxygen atoms in total. The number of rotatable bonds is 8. The molecule has 4 heterocycles. The quantitative estimate of drug-likeness (QED) is 0.0271. The molecule has 0 saturated carbocycles. The van der Waals surface area contributed by atoms with Crippen LogP contribution in [0.5, 0.6) is 28.7 Å². The molecule has 0 radical (unpaired) electrons. The summed E-state index contributed by atoms with van der Waals surface area (Å²) >= 11 is 45.5. The molecule has 0 spiro atoms. The van der Waals surface area contributed by atoms with Crippen molar-refractivity contribution in [2.24, 2.45) is 0 Å². The minimum atomic E-state index is -1.09. The first-order chi connectivity index (χ1) is 59.5. The number of aromatic carboxylic acids is 1. The van der Waals surface area contributed by atoms with Crippen LogP contribution < -0.4 is 16.3 Å². The fourth-order valence-electron chi connectivity index (χ4n) is 13.1. The van der Waals surface area contributed by atoms with Gasteiger partial charge in [0.05, 0.1) is 73.3 Å². The summed E-state index contributed by atoms with van der Waals surface area (Å²) < 4.78 is 37.6. The molecule has 0 atom stereocenters. The number of hydrogen-bond acceptors (Lipinski definition) is 19. The predicted molar refractivity (Wildman–Crippen MR) is 531 cm³/mol. The van der Waals surface area contributed by atoms with E-state index in [0.29, 0.717) is 144 Å². The van der Waals surface area contributed by atoms with Crippen molar-refractivity contribution in [2.75, 3.05) is 14.2 Å². The van der Waals surface area contributed by atoms with Crippen molar-refractivity contribution in [3.63, 3.8) is 0 Å². The fourth-order valence-corrected chi connectivity index (χ4v) is 21.2. The van der Waals surface area contributed by atoms with Gasteiger partial charge in [0.1, 0.15) is 60.1 Å². The summed E-state index contributed by atoms with van der Waals surface area (Å²) in [5.74, 6) is -2.58. The van der Waals surface area contributed by atoms with Crippen molar-refractivity contribution in [1.29, 1.82) is 0 Å². The van der Waals surface area contributed by atoms with Gasteiger partial charge in [-0.1, -0.05) is 117 Å². The number of ether oxygens (including phenoxy) is 3. The number of benzene rings is 13. The van der Waals surface area contributed by atoms with Gasteiger partial charge < -0.3 is 58.1 Å². The molecule has 17 rings (SSSR count). The van der Waals surface area contributed by atoms with E-state index in [9.17, 15) is 58.8 Å². The molecule has 0 aromatic heterocycles. The van der Waals surface area contributed by atoms with Gasteiger partial charge in [0.25, 0.3) is 0 Å². The van der Waals surface area contributed by atoms with Crippen LogP contribution in [-0.2, 0) is 29.4 Å². The van der Waals surface area contributed by atoms with E-state index in [2.05, 4.69) is 228 Å². The van der Waals surface area contributed by atoms with Gasteiger partial charge >= 0.3 is 64.4 Å². The topological polar surface area (TPSA) is 325 Å². The number of cyclic esters (lactones) is 2. The van der Waals surface area contributed by atoms with E-state index in [0.717, 1.165) is 22.3 Å². The zero-order valence-corrected chi connectivity index (χ0v) is 89.3. The summed E-state index contributed by atoms with van der Waals surface area (Å²) in [4.78, 5) is 97.6. The predicted octanol–water partition coefficient (Wildman–Crippen LogP) is 30.2. The first kappa shape index (κ1) is 99.3. The van der Waals surface area contributed by atoms with E-state index in [4.69, 9.17) is 52.3 Å². The van der Waals surface area contributed by atoms with E-state index in [-0.39, 0.29) is 98.8 Å². The third-order valence-corrected chi connectivity index (χ3v) is 28.1. The Bertz CT molecular complexity index is 7140. The van der Waals surface area contributed by atoms with Crippen LogP contribution in [-0.4, -0.2) is 74.7 Å². The summed E-state index contributed by atoms with van der Waals surface area (Å²) in [5.41, 5.74) is 10.0. The van der Waals surface area contributed by atoms with Crippen LogP contribution in [0.4, 0.5) is 0 Å². The van der Waals surface area contributed by atoms with Crippen LogP contribution in [0.2, 0.25) is 0 Å². The Labute approximate surface area is 846 Å². The molecule has 0 amide bonds. The first-order valence-corrected chi connectivity index (χ1v) is 54.0. The number of fused-ring (bicyclic) bond motifs is 7. The third-order valence-electron chi connectivity index (χ3n) is 18.7. The number of carboxylic acids is 1. The van der Waals surface area contributed by atoms with Gasteiger partial charge in [-0.05, 0) is 341 Å². The number of carbonyl (C=O) groups is 5. The average Bonchev–Trinajstić information content (AvgIpc) is 0.873. The average molecular weight is 2690 g/mol. The summed E-state index contributed by atoms with van der Waals surface area (Å²) in [6.45, 7) is 0. The number of esters is 4. The van der Waals surface area contributed by atoms with Crippen molar-refractivity contribution in [1.82, 2.24) is 0 Å². The Morgan fingerprint density at radius 2 is 0.659 bits per heavy atom. The van der Waals surface area contributed by atoms with Gasteiger partial charge in [0.15, 0.2) is 34.0 Å². The molecule has 3 aliphatic carbocycles. The summed E-state index contributed by atoms with van der Waals surface area (Å²) in [6, 6.07) is 56.6. The van der Waals surface area contributed by atoms with E-state index < -0.39 is 45.0 Å². The Hall–Kier alpha value is -7.26. The van der Waals surface area contributed by atoms with E-state index in [1.54, 1.807) is 109 Å². The molecule has 10 aromatic rings. The van der Waals surface area contributed by atoms with Crippen molar-refractivity contribution in [2.45, 2.75) is 7.43 Å². The Morgan fingerprint density at radius 3 is 1.05 bits per heavy atom. The maximum atomic E-state index is 13.7. The number of methoxy groups -OCH3 is 2. The van der Waals surface area contributed by atoms with E-state index in [1.165, 1.54) is 26.4 Å². The molecule has 126 heavy (non-hydrogen) atoms. The zero-order valence-electron chi connectivity index (χ0n) is 62.6. The monoisotopic (exact) mass is 2670 g/mol. The van der Waals surface area contributed by atoms with Crippen molar-refractivity contribution < 1.29 is 97.2 Å². The normalized spacial score (nSPS) is 11.2. The summed E-state index contributed by atoms with van der Waals surface area (Å²) in [7, 11) is 12.6. The van der Waals surface area contributed by atoms with Gasteiger partial charge in [0, 0.05) is 55.1 Å². The molecule has 7 aliphatic rings. The second kappa shape index (κ2) is 42.8. The summed E-state index contributed by atoms with van der Waals surface area (Å²) in [6.07, 6.45) is 0. The van der Waals surface area contributed by atoms with Crippen LogP contribution in [0.25, 0.3) is 123 Å². The molecule has 37 heteroatoms. The molecule has 638 valence electrons. The molecule has 0 fully saturated rings. The van der Waals surface area contributed by atoms with Crippen molar-refractivity contribution in [3.05, 3.63) is 315 Å². The molecule has 10 aromatic carbocycles. The van der Waals surface area contributed by atoms with Crippen LogP contribution >= 0.6 is 242 Å². The maximum absolute atomic E-state index is 13.7. The van der Waals surface area contributed by atoms with Crippen LogP contribution in [0.15, 0.2) is 284 Å². The minimum absolute atomic E-state index is 0. The number of halogens is 16. The van der Waals surface area contributed by atoms with E-state index in [1.807, 2.05) is 72.8 Å². The van der Waals surface area contributed by atoms with Crippen LogP contribution in [0.1, 0.15) is 59.2 Å². The molecule has 0 unspecified atom stereocenters. The number of carboxylic acid groups (broad SMARTS) is 1. The van der Waals surface area contributed by atoms with Crippen molar-refractivity contribution in [3.8, 4) is 118 Å². The second-order valence-corrected chi connectivity index (χ2v) is 42.0. The van der Waals surface area contributed by atoms with Gasteiger partial charge in [-0.3, -0.25) is 14.4 Å². The van der Waals surface area contributed by atoms with Gasteiger partial charge in [-0.25, -0.2) is 24.0 Å². The Balaban J connectivity index is 0.000000163. The van der Waals surface area contributed by atoms with Crippen LogP contribution in [0.3, 0.4) is 0 Å². The Morgan fingerprint density at radius 1 is 0.325 bits per heavy atom. The SMILES string of the molecule is C.COC(=O)c1cc(-c2ccccc2)cc(-c2ccccc2)c1-c1c2cc(Br)c(=O)c(Br)c-2oc2c(Br)c(O)c(Br)cc12.COC(=O)c1ccccc1-c1c2cc(Br)c(=O)c(Br)c-2oc2c(Br)c(O)c(Br)cc12.O=C(O)c1ccccc1-c1c2cc(Br)c(=O)c(Br)c-2oc2c(Br)c(O)c(Br)cc12.O=C1OC(=O)c2ccccc21.Oc1ccc(Br)c(O)c1Br.[Cl][Zn][Cl]. The standard InChI is InChI=1S/C33H18Br4O5.C21H10Br4O5.C20H8Br4O5.C8H4O3.C6H4Br2O2.CH4.2ClH.Zn/c1-41-33(40)22-13-18(16-8-4-2-5-9-16)12-19(17-10-6-3-7-11-17)25(22)26-20-14-23(34)29(38)27(36)31(20)42-32-21(26)15-24(35)30(39)28(32)37;1-29-21(28)9-5-3-2-4-8(9)14-10-6-12(22)17(26)15(24)19(10)30-20-11(14)7-13(23)18(27)16(20)25;21-11-5-9-13(7-3-1-2-4-8(7)20(27)28)10-6-12(22)17(26)15(24)19(10)29-18(9)14(23)16(11)25;9-7-5-3-1-2-4-6(5)8(10)11-7;7-3-1-2-4(9)5(8)6(3)10;;;;/h2-15,38H,1H3;2-7,26H,1H3;1-6,25H,(H,27,28);1-4H;1-2,9-10H;1H4;2*1H;/q;;;;;;;;+2/p-2. The number of phenolic OH excluding ortho intramolecular Hbond substituents is 5. The van der Waals surface area contributed by atoms with E-state index >= 15 is 0 Å². The van der Waals surface area contributed by atoms with Crippen LogP contribution in [0, 0.1) is 0 Å². The number of phenols is 5. The molecule has 0 saturated heterocycles. The number of hydrogen-bond donors (Lipinski definition) is 6. The Kier molecular flexibility index (Phi) is 33.7.